The standard InChI is InChI=1S/C20H16N6S/c1-12-11-15(13-7-3-6-10-17(13)22-12)19-25-26-18(23-24-20(26)27-19)14-8-4-5-9-16(14)21-2/h3-11,21H,1-2H3. The Kier molecular flexibility index (Phi) is 3.61. The highest BCUT2D eigenvalue weighted by atomic mass is 32.1. The third kappa shape index (κ3) is 2.55. The summed E-state index contributed by atoms with van der Waals surface area (Å²) in [5, 5.41) is 18.7. The van der Waals surface area contributed by atoms with Crippen LogP contribution < -0.4 is 5.32 Å². The minimum Gasteiger partial charge on any atom is -0.388 e. The number of pyridine rings is 1. The number of hydrogen-bond acceptors (Lipinski definition) is 6. The average molecular weight is 372 g/mol. The van der Waals surface area contributed by atoms with E-state index in [-0.39, 0.29) is 0 Å². The van der Waals surface area contributed by atoms with Gasteiger partial charge in [0, 0.05) is 34.9 Å². The summed E-state index contributed by atoms with van der Waals surface area (Å²) in [5.74, 6) is 0.729. The smallest absolute Gasteiger partial charge is 0.235 e. The molecule has 0 unspecified atom stereocenters. The lowest BCUT2D eigenvalue weighted by atomic mass is 10.1. The lowest BCUT2D eigenvalue weighted by Crippen LogP contribution is -1.96. The average Bonchev–Trinajstić information content (AvgIpc) is 3.28. The first-order chi connectivity index (χ1) is 13.2. The van der Waals surface area contributed by atoms with Crippen molar-refractivity contribution >= 4 is 32.9 Å². The van der Waals surface area contributed by atoms with Crippen LogP contribution in [0.2, 0.25) is 0 Å². The van der Waals surface area contributed by atoms with Crippen LogP contribution in [0.4, 0.5) is 5.69 Å². The number of hydrogen-bond donors (Lipinski definition) is 1. The minimum absolute atomic E-state index is 0.729. The largest absolute Gasteiger partial charge is 0.388 e. The summed E-state index contributed by atoms with van der Waals surface area (Å²) in [6, 6.07) is 18.2. The molecule has 5 rings (SSSR count). The van der Waals surface area contributed by atoms with Crippen molar-refractivity contribution in [1.29, 1.82) is 0 Å². The predicted molar refractivity (Wildman–Crippen MR) is 109 cm³/mol. The van der Waals surface area contributed by atoms with Crippen LogP contribution in [0.3, 0.4) is 0 Å². The lowest BCUT2D eigenvalue weighted by Gasteiger charge is -2.06. The van der Waals surface area contributed by atoms with E-state index in [1.54, 1.807) is 0 Å². The summed E-state index contributed by atoms with van der Waals surface area (Å²) in [6.07, 6.45) is 0. The molecule has 0 radical (unpaired) electrons. The molecule has 2 aromatic carbocycles. The molecule has 7 heteroatoms. The van der Waals surface area contributed by atoms with Crippen molar-refractivity contribution in [3.05, 3.63) is 60.3 Å². The normalized spacial score (nSPS) is 11.3. The molecule has 0 aliphatic carbocycles. The van der Waals surface area contributed by atoms with Crippen LogP contribution in [-0.2, 0) is 0 Å². The van der Waals surface area contributed by atoms with Crippen LogP contribution in [-0.4, -0.2) is 31.8 Å². The molecule has 0 aliphatic rings. The van der Waals surface area contributed by atoms with Crippen molar-refractivity contribution < 1.29 is 0 Å². The van der Waals surface area contributed by atoms with Gasteiger partial charge in [0.05, 0.1) is 5.52 Å². The SMILES string of the molecule is CNc1ccccc1-c1nnc2sc(-c3cc(C)nc4ccccc34)nn12. The number of fused-ring (bicyclic) bond motifs is 2. The minimum atomic E-state index is 0.729. The number of aromatic nitrogens is 5. The summed E-state index contributed by atoms with van der Waals surface area (Å²) in [7, 11) is 1.90. The second kappa shape index (κ2) is 6.14. The van der Waals surface area contributed by atoms with Crippen LogP contribution >= 0.6 is 11.3 Å². The maximum absolute atomic E-state index is 4.84. The second-order valence-corrected chi connectivity index (χ2v) is 7.21. The van der Waals surface area contributed by atoms with Crippen molar-refractivity contribution in [2.24, 2.45) is 0 Å². The summed E-state index contributed by atoms with van der Waals surface area (Å²) >= 11 is 1.53. The lowest BCUT2D eigenvalue weighted by molar-refractivity contribution is 0.971. The Balaban J connectivity index is 1.73. The van der Waals surface area contributed by atoms with Gasteiger partial charge in [-0.25, -0.2) is 0 Å². The molecule has 0 spiro atoms. The van der Waals surface area contributed by atoms with Gasteiger partial charge in [-0.2, -0.15) is 9.61 Å². The van der Waals surface area contributed by atoms with Gasteiger partial charge in [-0.3, -0.25) is 4.98 Å². The highest BCUT2D eigenvalue weighted by Gasteiger charge is 2.18. The van der Waals surface area contributed by atoms with E-state index in [9.17, 15) is 0 Å². The molecule has 27 heavy (non-hydrogen) atoms. The van der Waals surface area contributed by atoms with Crippen molar-refractivity contribution in [3.8, 4) is 22.0 Å². The monoisotopic (exact) mass is 372 g/mol. The van der Waals surface area contributed by atoms with Crippen LogP contribution in [0.5, 0.6) is 0 Å². The van der Waals surface area contributed by atoms with Crippen molar-refractivity contribution in [3.63, 3.8) is 0 Å². The molecule has 3 heterocycles. The number of para-hydroxylation sites is 2. The van der Waals surface area contributed by atoms with E-state index in [0.29, 0.717) is 0 Å². The van der Waals surface area contributed by atoms with Gasteiger partial charge in [0.1, 0.15) is 5.01 Å². The maximum atomic E-state index is 4.84. The molecule has 0 saturated heterocycles. The Bertz CT molecular complexity index is 1290. The number of anilines is 1. The van der Waals surface area contributed by atoms with Crippen LogP contribution in [0.15, 0.2) is 54.6 Å². The molecular formula is C20H16N6S. The zero-order chi connectivity index (χ0) is 18.4. The van der Waals surface area contributed by atoms with Gasteiger partial charge in [0.15, 0.2) is 5.82 Å². The molecule has 0 saturated carbocycles. The van der Waals surface area contributed by atoms with Crippen LogP contribution in [0.25, 0.3) is 37.8 Å². The number of nitrogens with zero attached hydrogens (tertiary/aromatic N) is 5. The third-order valence-corrected chi connectivity index (χ3v) is 5.43. The molecule has 132 valence electrons. The maximum Gasteiger partial charge on any atom is 0.235 e. The van der Waals surface area contributed by atoms with Crippen molar-refractivity contribution in [1.82, 2.24) is 24.8 Å². The predicted octanol–water partition coefficient (Wildman–Crippen LogP) is 4.42. The van der Waals surface area contributed by atoms with Gasteiger partial charge in [-0.15, -0.1) is 10.2 Å². The Hall–Kier alpha value is -3.32. The molecule has 1 N–H and O–H groups in total. The summed E-state index contributed by atoms with van der Waals surface area (Å²) < 4.78 is 1.82. The fourth-order valence-corrected chi connectivity index (χ4v) is 4.14. The van der Waals surface area contributed by atoms with Crippen LogP contribution in [0.1, 0.15) is 5.69 Å². The Morgan fingerprint density at radius 1 is 0.963 bits per heavy atom. The zero-order valence-electron chi connectivity index (χ0n) is 14.8. The molecule has 5 aromatic rings. The fourth-order valence-electron chi connectivity index (χ4n) is 3.27. The molecule has 0 amide bonds. The quantitative estimate of drug-likeness (QED) is 0.508. The summed E-state index contributed by atoms with van der Waals surface area (Å²) in [4.78, 5) is 5.39. The molecule has 0 fully saturated rings. The van der Waals surface area contributed by atoms with Gasteiger partial charge >= 0.3 is 0 Å². The first kappa shape index (κ1) is 15.9. The number of aryl methyl sites for hydroxylation is 1. The highest BCUT2D eigenvalue weighted by molar-refractivity contribution is 7.20. The van der Waals surface area contributed by atoms with E-state index < -0.39 is 0 Å². The van der Waals surface area contributed by atoms with Gasteiger partial charge in [0.2, 0.25) is 4.96 Å². The van der Waals surface area contributed by atoms with E-state index in [2.05, 4.69) is 32.6 Å². The third-order valence-electron chi connectivity index (χ3n) is 4.50. The first-order valence-corrected chi connectivity index (χ1v) is 9.42. The molecule has 3 aromatic heterocycles. The Morgan fingerprint density at radius 2 is 1.78 bits per heavy atom. The van der Waals surface area contributed by atoms with E-state index in [1.165, 1.54) is 11.3 Å². The van der Waals surface area contributed by atoms with Gasteiger partial charge in [-0.05, 0) is 31.2 Å². The fraction of sp³-hybridized carbons (Fsp3) is 0.100. The highest BCUT2D eigenvalue weighted by Crippen LogP contribution is 2.34. The Labute approximate surface area is 159 Å². The number of nitrogens with one attached hydrogen (secondary N) is 1. The van der Waals surface area contributed by atoms with E-state index in [0.717, 1.165) is 49.2 Å². The molecule has 6 nitrogen and oxygen atoms in total. The second-order valence-electron chi connectivity index (χ2n) is 6.25. The Morgan fingerprint density at radius 3 is 2.67 bits per heavy atom. The van der Waals surface area contributed by atoms with Gasteiger partial charge < -0.3 is 5.32 Å². The number of rotatable bonds is 3. The van der Waals surface area contributed by atoms with E-state index >= 15 is 0 Å². The molecule has 0 atom stereocenters. The van der Waals surface area contributed by atoms with Gasteiger partial charge in [-0.1, -0.05) is 41.7 Å². The summed E-state index contributed by atoms with van der Waals surface area (Å²) in [5.41, 5.74) is 4.97. The van der Waals surface area contributed by atoms with E-state index in [4.69, 9.17) is 5.10 Å². The van der Waals surface area contributed by atoms with Crippen LogP contribution in [0, 0.1) is 6.92 Å². The molecule has 0 bridgehead atoms. The van der Waals surface area contributed by atoms with Gasteiger partial charge in [0.25, 0.3) is 0 Å². The number of benzene rings is 2. The molecule has 0 aliphatic heterocycles. The summed E-state index contributed by atoms with van der Waals surface area (Å²) in [6.45, 7) is 2.00. The first-order valence-electron chi connectivity index (χ1n) is 8.61. The zero-order valence-corrected chi connectivity index (χ0v) is 15.7. The van der Waals surface area contributed by atoms with Crippen molar-refractivity contribution in [2.75, 3.05) is 12.4 Å². The topological polar surface area (TPSA) is 68.0 Å². The van der Waals surface area contributed by atoms with Crippen molar-refractivity contribution in [2.45, 2.75) is 6.92 Å². The van der Waals surface area contributed by atoms with E-state index in [1.807, 2.05) is 61.0 Å². The molecular weight excluding hydrogens is 356 g/mol.